The first-order valence-electron chi connectivity index (χ1n) is 9.59. The van der Waals surface area contributed by atoms with E-state index in [1.807, 2.05) is 25.4 Å². The maximum absolute atomic E-state index is 13.0. The number of hydrogen-bond donors (Lipinski definition) is 0. The second kappa shape index (κ2) is 8.97. The molecule has 0 radical (unpaired) electrons. The Hall–Kier alpha value is -2.05. The monoisotopic (exact) mass is 413 g/mol. The zero-order valence-electron chi connectivity index (χ0n) is 17.1. The van der Waals surface area contributed by atoms with Gasteiger partial charge < -0.3 is 4.90 Å². The van der Waals surface area contributed by atoms with E-state index < -0.39 is 0 Å². The van der Waals surface area contributed by atoms with E-state index in [9.17, 15) is 4.79 Å². The minimum absolute atomic E-state index is 0.0213. The maximum atomic E-state index is 13.0. The Morgan fingerprint density at radius 3 is 2.46 bits per heavy atom. The third kappa shape index (κ3) is 4.67. The van der Waals surface area contributed by atoms with Crippen LogP contribution < -0.4 is 0 Å². The van der Waals surface area contributed by atoms with E-state index in [1.54, 1.807) is 27.6 Å². The predicted octanol–water partition coefficient (Wildman–Crippen LogP) is 5.65. The number of aromatic nitrogens is 2. The molecular weight excluding hydrogens is 386 g/mol. The lowest BCUT2D eigenvalue weighted by molar-refractivity contribution is 0.0739. The van der Waals surface area contributed by atoms with Crippen LogP contribution in [-0.4, -0.2) is 27.8 Å². The molecule has 0 unspecified atom stereocenters. The fourth-order valence-corrected chi connectivity index (χ4v) is 4.95. The molecule has 28 heavy (non-hydrogen) atoms. The lowest BCUT2D eigenvalue weighted by atomic mass is 10.1. The van der Waals surface area contributed by atoms with Crippen LogP contribution in [0.2, 0.25) is 0 Å². The first-order valence-corrected chi connectivity index (χ1v) is 11.3. The number of hydrogen-bond acceptors (Lipinski definition) is 5. The normalized spacial score (nSPS) is 12.4. The highest BCUT2D eigenvalue weighted by molar-refractivity contribution is 7.12. The topological polar surface area (TPSA) is 46.1 Å². The average Bonchev–Trinajstić information content (AvgIpc) is 3.32. The van der Waals surface area contributed by atoms with Crippen molar-refractivity contribution in [2.24, 2.45) is 0 Å². The minimum atomic E-state index is -0.0337. The predicted molar refractivity (Wildman–Crippen MR) is 117 cm³/mol. The van der Waals surface area contributed by atoms with E-state index in [4.69, 9.17) is 0 Å². The molecule has 1 amide bonds. The summed E-state index contributed by atoms with van der Waals surface area (Å²) >= 11 is 3.27. The summed E-state index contributed by atoms with van der Waals surface area (Å²) in [6, 6.07) is 10.3. The highest BCUT2D eigenvalue weighted by Gasteiger charge is 2.25. The van der Waals surface area contributed by atoms with Gasteiger partial charge in [-0.25, -0.2) is 9.97 Å². The second-order valence-electron chi connectivity index (χ2n) is 7.36. The van der Waals surface area contributed by atoms with E-state index >= 15 is 0 Å². The van der Waals surface area contributed by atoms with Crippen molar-refractivity contribution in [2.75, 3.05) is 7.05 Å². The zero-order chi connectivity index (χ0) is 20.3. The molecule has 3 aromatic rings. The lowest BCUT2D eigenvalue weighted by Gasteiger charge is -2.23. The largest absolute Gasteiger partial charge is 0.333 e. The number of rotatable bonds is 7. The van der Waals surface area contributed by atoms with Crippen molar-refractivity contribution in [2.45, 2.75) is 52.5 Å². The summed E-state index contributed by atoms with van der Waals surface area (Å²) in [4.78, 5) is 25.1. The molecule has 0 aliphatic carbocycles. The molecule has 0 fully saturated rings. The molecule has 2 heterocycles. The number of aryl methyl sites for hydroxylation is 3. The van der Waals surface area contributed by atoms with Crippen molar-refractivity contribution in [3.05, 3.63) is 67.6 Å². The Bertz CT molecular complexity index is 930. The van der Waals surface area contributed by atoms with E-state index in [0.717, 1.165) is 33.4 Å². The zero-order valence-corrected chi connectivity index (χ0v) is 18.7. The molecule has 1 aromatic carbocycles. The summed E-state index contributed by atoms with van der Waals surface area (Å²) < 4.78 is 0. The van der Waals surface area contributed by atoms with Crippen LogP contribution in [0.3, 0.4) is 0 Å². The Kier molecular flexibility index (Phi) is 6.62. The first-order chi connectivity index (χ1) is 13.4. The fraction of sp³-hybridized carbons (Fsp3) is 0.409. The molecule has 0 N–H and O–H groups in total. The third-order valence-corrected chi connectivity index (χ3v) is 7.40. The second-order valence-corrected chi connectivity index (χ2v) is 9.37. The van der Waals surface area contributed by atoms with E-state index in [0.29, 0.717) is 11.6 Å². The van der Waals surface area contributed by atoms with Crippen molar-refractivity contribution in [3.63, 3.8) is 0 Å². The summed E-state index contributed by atoms with van der Waals surface area (Å²) in [5.74, 6) is 0.366. The summed E-state index contributed by atoms with van der Waals surface area (Å²) in [5, 5.41) is 4.01. The van der Waals surface area contributed by atoms with Gasteiger partial charge in [-0.3, -0.25) is 4.79 Å². The summed E-state index contributed by atoms with van der Waals surface area (Å²) in [7, 11) is 1.85. The van der Waals surface area contributed by atoms with Gasteiger partial charge in [-0.1, -0.05) is 44.2 Å². The number of nitrogens with zero attached hydrogens (tertiary/aromatic N) is 3. The molecule has 148 valence electrons. The summed E-state index contributed by atoms with van der Waals surface area (Å²) in [6.07, 6.45) is 1.79. The van der Waals surface area contributed by atoms with E-state index in [2.05, 4.69) is 55.0 Å². The van der Waals surface area contributed by atoms with Crippen molar-refractivity contribution < 1.29 is 4.79 Å². The van der Waals surface area contributed by atoms with Crippen LogP contribution in [0.15, 0.2) is 35.7 Å². The van der Waals surface area contributed by atoms with E-state index in [-0.39, 0.29) is 11.9 Å². The van der Waals surface area contributed by atoms with Gasteiger partial charge in [0.25, 0.3) is 5.91 Å². The SMILES string of the molecule is Cc1nc(C(C)C)sc1[C@@H](C)N(C)C(=O)c1csc(CCc2ccccc2)n1. The minimum Gasteiger partial charge on any atom is -0.333 e. The third-order valence-electron chi connectivity index (χ3n) is 4.86. The van der Waals surface area contributed by atoms with Crippen molar-refractivity contribution in [1.82, 2.24) is 14.9 Å². The standard InChI is InChI=1S/C22H27N3OS2/c1-14(2)21-23-15(3)20(28-21)16(4)25(5)22(26)18-13-27-19(24-18)12-11-17-9-7-6-8-10-17/h6-10,13-14,16H,11-12H2,1-5H3/t16-/m1/s1. The Morgan fingerprint density at radius 1 is 1.11 bits per heavy atom. The first kappa shape index (κ1) is 20.7. The number of amides is 1. The highest BCUT2D eigenvalue weighted by Crippen LogP contribution is 2.32. The van der Waals surface area contributed by atoms with Crippen LogP contribution in [0.1, 0.15) is 69.4 Å². The summed E-state index contributed by atoms with van der Waals surface area (Å²) in [5.41, 5.74) is 2.84. The van der Waals surface area contributed by atoms with Gasteiger partial charge in [-0.15, -0.1) is 22.7 Å². The Morgan fingerprint density at radius 2 is 1.82 bits per heavy atom. The number of benzene rings is 1. The quantitative estimate of drug-likeness (QED) is 0.503. The van der Waals surface area contributed by atoms with Crippen molar-refractivity contribution in [1.29, 1.82) is 0 Å². The fourth-order valence-electron chi connectivity index (χ4n) is 3.02. The van der Waals surface area contributed by atoms with Gasteiger partial charge in [0.1, 0.15) is 5.69 Å². The Labute approximate surface area is 175 Å². The van der Waals surface area contributed by atoms with Gasteiger partial charge in [0, 0.05) is 29.6 Å². The van der Waals surface area contributed by atoms with Crippen LogP contribution in [-0.2, 0) is 12.8 Å². The van der Waals surface area contributed by atoms with Gasteiger partial charge >= 0.3 is 0 Å². The Balaban J connectivity index is 1.67. The molecule has 0 saturated carbocycles. The smallest absolute Gasteiger partial charge is 0.273 e. The lowest BCUT2D eigenvalue weighted by Crippen LogP contribution is -2.29. The van der Waals surface area contributed by atoms with Crippen molar-refractivity contribution >= 4 is 28.6 Å². The molecule has 4 nitrogen and oxygen atoms in total. The van der Waals surface area contributed by atoms with Gasteiger partial charge in [0.05, 0.1) is 21.8 Å². The average molecular weight is 414 g/mol. The molecule has 0 spiro atoms. The molecule has 0 bridgehead atoms. The summed E-state index contributed by atoms with van der Waals surface area (Å²) in [6.45, 7) is 8.38. The molecule has 0 aliphatic heterocycles. The molecule has 3 rings (SSSR count). The molecule has 0 aliphatic rings. The molecule has 1 atom stereocenters. The van der Waals surface area contributed by atoms with Gasteiger partial charge in [0.15, 0.2) is 0 Å². The van der Waals surface area contributed by atoms with E-state index in [1.165, 1.54) is 5.56 Å². The van der Waals surface area contributed by atoms with Crippen LogP contribution in [0.4, 0.5) is 0 Å². The molecule has 6 heteroatoms. The van der Waals surface area contributed by atoms with Crippen molar-refractivity contribution in [3.8, 4) is 0 Å². The van der Waals surface area contributed by atoms with Crippen LogP contribution in [0.25, 0.3) is 0 Å². The highest BCUT2D eigenvalue weighted by atomic mass is 32.1. The van der Waals surface area contributed by atoms with Crippen LogP contribution in [0.5, 0.6) is 0 Å². The van der Waals surface area contributed by atoms with Gasteiger partial charge in [-0.05, 0) is 25.8 Å². The number of thiazole rings is 2. The molecule has 0 saturated heterocycles. The molecule has 2 aromatic heterocycles. The maximum Gasteiger partial charge on any atom is 0.273 e. The molecular formula is C22H27N3OS2. The van der Waals surface area contributed by atoms with Gasteiger partial charge in [-0.2, -0.15) is 0 Å². The van der Waals surface area contributed by atoms with Gasteiger partial charge in [0.2, 0.25) is 0 Å². The van der Waals surface area contributed by atoms with Crippen LogP contribution in [0, 0.1) is 6.92 Å². The number of carbonyl (C=O) groups is 1. The number of carbonyl (C=O) groups excluding carboxylic acids is 1. The van der Waals surface area contributed by atoms with Crippen LogP contribution >= 0.6 is 22.7 Å².